The van der Waals surface area contributed by atoms with Gasteiger partial charge in [-0.2, -0.15) is 0 Å². The normalized spacial score (nSPS) is 22.1. The summed E-state index contributed by atoms with van der Waals surface area (Å²) in [5.74, 6) is 1.00. The number of ether oxygens (including phenoxy) is 1. The molecule has 1 unspecified atom stereocenters. The van der Waals surface area contributed by atoms with E-state index in [0.29, 0.717) is 0 Å². The lowest BCUT2D eigenvalue weighted by Crippen LogP contribution is -2.48. The van der Waals surface area contributed by atoms with Crippen LogP contribution in [0.2, 0.25) is 0 Å². The van der Waals surface area contributed by atoms with Crippen LogP contribution in [0.3, 0.4) is 0 Å². The third-order valence-corrected chi connectivity index (χ3v) is 5.92. The van der Waals surface area contributed by atoms with Crippen LogP contribution in [-0.4, -0.2) is 60.1 Å². The number of methoxy groups -OCH3 is 1. The zero-order valence-electron chi connectivity index (χ0n) is 16.0. The molecule has 3 heterocycles. The van der Waals surface area contributed by atoms with E-state index in [0.717, 1.165) is 37.5 Å². The quantitative estimate of drug-likeness (QED) is 0.848. The van der Waals surface area contributed by atoms with Crippen LogP contribution >= 0.6 is 0 Å². The molecule has 1 aromatic carbocycles. The number of nitrogens with zero attached hydrogens (tertiary/aromatic N) is 3. The van der Waals surface area contributed by atoms with Crippen molar-refractivity contribution in [2.45, 2.75) is 26.4 Å². The largest absolute Gasteiger partial charge is 0.496 e. The fourth-order valence-electron chi connectivity index (χ4n) is 4.53. The number of fused-ring (bicyclic) bond motifs is 2. The molecule has 0 radical (unpaired) electrons. The fourth-order valence-corrected chi connectivity index (χ4v) is 4.53. The van der Waals surface area contributed by atoms with Gasteiger partial charge in [-0.1, -0.05) is 6.08 Å². The van der Waals surface area contributed by atoms with Gasteiger partial charge in [-0.25, -0.2) is 0 Å². The number of benzene rings is 1. The Morgan fingerprint density at radius 1 is 1.23 bits per heavy atom. The molecule has 2 atom stereocenters. The maximum absolute atomic E-state index is 13.0. The van der Waals surface area contributed by atoms with Crippen molar-refractivity contribution in [3.8, 4) is 5.75 Å². The maximum atomic E-state index is 13.0. The topological polar surface area (TPSA) is 37.7 Å². The van der Waals surface area contributed by atoms with Gasteiger partial charge in [0.25, 0.3) is 0 Å². The molecular weight excluding hydrogens is 326 g/mol. The van der Waals surface area contributed by atoms with Gasteiger partial charge in [0.05, 0.1) is 24.6 Å². The highest BCUT2D eigenvalue weighted by Gasteiger charge is 2.37. The van der Waals surface area contributed by atoms with Gasteiger partial charge in [0.15, 0.2) is 0 Å². The Hall–Kier alpha value is -2.27. The van der Waals surface area contributed by atoms with E-state index in [-0.39, 0.29) is 17.9 Å². The van der Waals surface area contributed by atoms with E-state index in [1.54, 1.807) is 7.11 Å². The van der Waals surface area contributed by atoms with Gasteiger partial charge >= 0.3 is 0 Å². The summed E-state index contributed by atoms with van der Waals surface area (Å²) in [6, 6.07) is 6.59. The highest BCUT2D eigenvalue weighted by Crippen LogP contribution is 2.43. The average molecular weight is 353 g/mol. The van der Waals surface area contributed by atoms with E-state index >= 15 is 0 Å². The number of hydrogen-bond acceptors (Lipinski definition) is 3. The van der Waals surface area contributed by atoms with Crippen LogP contribution in [0, 0.1) is 5.92 Å². The first-order chi connectivity index (χ1) is 12.6. The third kappa shape index (κ3) is 2.45. The van der Waals surface area contributed by atoms with Crippen LogP contribution in [0.15, 0.2) is 30.5 Å². The average Bonchev–Trinajstić information content (AvgIpc) is 3.07. The second-order valence-electron chi connectivity index (χ2n) is 7.24. The second kappa shape index (κ2) is 6.47. The molecule has 0 spiro atoms. The van der Waals surface area contributed by atoms with Crippen molar-refractivity contribution in [2.75, 3.05) is 33.8 Å². The Bertz CT molecular complexity index is 879. The molecule has 0 bridgehead atoms. The van der Waals surface area contributed by atoms with Crippen LogP contribution in [0.5, 0.6) is 5.75 Å². The molecule has 0 fully saturated rings. The van der Waals surface area contributed by atoms with Crippen LogP contribution in [0.25, 0.3) is 16.5 Å². The van der Waals surface area contributed by atoms with E-state index in [9.17, 15) is 4.79 Å². The number of carbonyl (C=O) groups is 1. The van der Waals surface area contributed by atoms with Crippen molar-refractivity contribution in [3.05, 3.63) is 36.0 Å². The predicted molar refractivity (Wildman–Crippen MR) is 104 cm³/mol. The van der Waals surface area contributed by atoms with E-state index < -0.39 is 0 Å². The minimum atomic E-state index is -0.104. The molecule has 138 valence electrons. The minimum Gasteiger partial charge on any atom is -0.496 e. The summed E-state index contributed by atoms with van der Waals surface area (Å²) >= 11 is 0. The molecular formula is C21H27N3O2. The lowest BCUT2D eigenvalue weighted by Gasteiger charge is -2.41. The molecule has 2 aromatic rings. The van der Waals surface area contributed by atoms with Gasteiger partial charge in [-0.15, -0.1) is 0 Å². The predicted octanol–water partition coefficient (Wildman–Crippen LogP) is 2.85. The van der Waals surface area contributed by atoms with Crippen molar-refractivity contribution >= 4 is 22.4 Å². The minimum absolute atomic E-state index is 0.104. The Labute approximate surface area is 154 Å². The van der Waals surface area contributed by atoms with Crippen molar-refractivity contribution in [3.63, 3.8) is 0 Å². The molecule has 0 saturated heterocycles. The number of rotatable bonds is 4. The number of hydrogen-bond donors (Lipinski definition) is 0. The Kier molecular flexibility index (Phi) is 4.27. The molecule has 0 aliphatic carbocycles. The third-order valence-electron chi connectivity index (χ3n) is 5.92. The summed E-state index contributed by atoms with van der Waals surface area (Å²) in [5.41, 5.74) is 3.60. The number of aromatic nitrogens is 1. The summed E-state index contributed by atoms with van der Waals surface area (Å²) in [5, 5.41) is 1.22. The molecule has 1 aromatic heterocycles. The van der Waals surface area contributed by atoms with E-state index in [1.165, 1.54) is 16.5 Å². The molecule has 5 heteroatoms. The highest BCUT2D eigenvalue weighted by atomic mass is 16.5. The van der Waals surface area contributed by atoms with Gasteiger partial charge in [-0.05, 0) is 44.7 Å². The first-order valence-corrected chi connectivity index (χ1v) is 9.45. The first kappa shape index (κ1) is 17.2. The van der Waals surface area contributed by atoms with Crippen molar-refractivity contribution in [1.82, 2.24) is 14.4 Å². The standard InChI is InChI=1S/C21H27N3O2/c1-5-23(6-2)21(25)15-11-16-17(22(3)12-15)13-24-10-9-14-7-8-18(26-4)19(16)20(14)24/h7-11,15,17H,5-6,12-13H2,1-4H3/t15-,17?/m1/s1. The molecule has 2 aliphatic rings. The van der Waals surface area contributed by atoms with Gasteiger partial charge in [0.2, 0.25) is 5.91 Å². The Morgan fingerprint density at radius 3 is 2.69 bits per heavy atom. The van der Waals surface area contributed by atoms with Gasteiger partial charge in [0.1, 0.15) is 5.75 Å². The summed E-state index contributed by atoms with van der Waals surface area (Å²) in [7, 11) is 3.85. The summed E-state index contributed by atoms with van der Waals surface area (Å²) in [6.07, 6.45) is 4.37. The van der Waals surface area contributed by atoms with Crippen molar-refractivity contribution < 1.29 is 9.53 Å². The van der Waals surface area contributed by atoms with Gasteiger partial charge in [-0.3, -0.25) is 9.69 Å². The zero-order valence-corrected chi connectivity index (χ0v) is 16.0. The van der Waals surface area contributed by atoms with Crippen LogP contribution in [0.4, 0.5) is 0 Å². The van der Waals surface area contributed by atoms with Crippen molar-refractivity contribution in [2.24, 2.45) is 5.92 Å². The molecule has 5 nitrogen and oxygen atoms in total. The maximum Gasteiger partial charge on any atom is 0.230 e. The highest BCUT2D eigenvalue weighted by molar-refractivity contribution is 5.98. The number of carbonyl (C=O) groups excluding carboxylic acids is 1. The zero-order chi connectivity index (χ0) is 18.4. The van der Waals surface area contributed by atoms with Crippen LogP contribution in [0.1, 0.15) is 19.4 Å². The van der Waals surface area contributed by atoms with Crippen LogP contribution < -0.4 is 4.74 Å². The number of likely N-dealkylation sites (N-methyl/N-ethyl adjacent to an activating group) is 1. The summed E-state index contributed by atoms with van der Waals surface area (Å²) in [6.45, 7) is 7.27. The smallest absolute Gasteiger partial charge is 0.230 e. The van der Waals surface area contributed by atoms with E-state index in [4.69, 9.17) is 4.74 Å². The molecule has 2 aliphatic heterocycles. The molecule has 1 amide bonds. The fraction of sp³-hybridized carbons (Fsp3) is 0.476. The summed E-state index contributed by atoms with van der Waals surface area (Å²) < 4.78 is 8.02. The van der Waals surface area contributed by atoms with E-state index in [2.05, 4.69) is 40.9 Å². The van der Waals surface area contributed by atoms with Gasteiger partial charge < -0.3 is 14.2 Å². The van der Waals surface area contributed by atoms with E-state index in [1.807, 2.05) is 24.8 Å². The second-order valence-corrected chi connectivity index (χ2v) is 7.24. The Morgan fingerprint density at radius 2 is 2.00 bits per heavy atom. The lowest BCUT2D eigenvalue weighted by atomic mass is 9.85. The SMILES string of the molecule is CCN(CC)C(=O)[C@@H]1C=C2c3c(OC)ccc4ccn(c34)CC2N(C)C1. The monoisotopic (exact) mass is 353 g/mol. The molecule has 0 N–H and O–H groups in total. The molecule has 26 heavy (non-hydrogen) atoms. The molecule has 0 saturated carbocycles. The Balaban J connectivity index is 1.86. The molecule has 4 rings (SSSR count). The van der Waals surface area contributed by atoms with Crippen molar-refractivity contribution in [1.29, 1.82) is 0 Å². The van der Waals surface area contributed by atoms with Gasteiger partial charge in [0, 0.05) is 43.3 Å². The summed E-state index contributed by atoms with van der Waals surface area (Å²) in [4.78, 5) is 17.2. The lowest BCUT2D eigenvalue weighted by molar-refractivity contribution is -0.134. The van der Waals surface area contributed by atoms with Crippen LogP contribution in [-0.2, 0) is 11.3 Å². The number of amides is 1. The first-order valence-electron chi connectivity index (χ1n) is 9.45.